The van der Waals surface area contributed by atoms with Gasteiger partial charge in [-0.25, -0.2) is 0 Å². The number of aliphatic hydroxyl groups excluding tert-OH is 1. The van der Waals surface area contributed by atoms with Crippen LogP contribution in [0.15, 0.2) is 91.0 Å². The van der Waals surface area contributed by atoms with E-state index >= 15 is 0 Å². The molecule has 56 heavy (non-hydrogen) atoms. The van der Waals surface area contributed by atoms with Crippen LogP contribution in [0, 0.1) is 0 Å². The molecule has 4 unspecified atom stereocenters. The highest BCUT2D eigenvalue weighted by molar-refractivity contribution is 5.68. The highest BCUT2D eigenvalue weighted by atomic mass is 16.8. The van der Waals surface area contributed by atoms with Crippen molar-refractivity contribution in [3.05, 3.63) is 108 Å². The minimum Gasteiger partial charge on any atom is -0.463 e. The number of ether oxygens (including phenoxy) is 10. The molecule has 3 aromatic rings. The van der Waals surface area contributed by atoms with Gasteiger partial charge in [-0.1, -0.05) is 91.0 Å². The highest BCUT2D eigenvalue weighted by Gasteiger charge is 2.56. The molecule has 0 radical (unpaired) electrons. The summed E-state index contributed by atoms with van der Waals surface area (Å²) < 4.78 is 60.2. The average molecular weight is 781 g/mol. The van der Waals surface area contributed by atoms with E-state index < -0.39 is 91.9 Å². The molecule has 1 N–H and O–H groups in total. The Balaban J connectivity index is 1.54. The summed E-state index contributed by atoms with van der Waals surface area (Å²) in [5.74, 6) is -3.05. The molecule has 2 aliphatic rings. The molecule has 15 nitrogen and oxygen atoms in total. The topological polar surface area (TPSA) is 181 Å². The van der Waals surface area contributed by atoms with Gasteiger partial charge < -0.3 is 52.5 Å². The standard InChI is InChI=1S/C41H48O15/c1-25(42)48-24-33-35(51-26(2)43)37(52-27(3)44)39(53-28(4)45)41(55-33)56-34-32(23-47-20-29-14-8-5-9-15-29)54-40(46)38(50-22-31-18-12-7-13-19-31)36(34)49-21-30-16-10-6-11-17-30/h5-19,32-41,46H,20-24H2,1-4H3/t32?,33?,34-,35-,36+,37+,38?,39?,40+,41+/m1/s1. The fraction of sp³-hybridized carbons (Fsp3) is 0.463. The van der Waals surface area contributed by atoms with E-state index in [1.54, 1.807) is 0 Å². The second-order valence-corrected chi connectivity index (χ2v) is 13.3. The van der Waals surface area contributed by atoms with Crippen LogP contribution in [0.2, 0.25) is 0 Å². The number of aliphatic hydroxyl groups is 1. The van der Waals surface area contributed by atoms with Gasteiger partial charge in [0.05, 0.1) is 26.4 Å². The fourth-order valence-electron chi connectivity index (χ4n) is 6.41. The smallest absolute Gasteiger partial charge is 0.303 e. The van der Waals surface area contributed by atoms with E-state index in [0.717, 1.165) is 37.5 Å². The molecule has 302 valence electrons. The molecular weight excluding hydrogens is 732 g/mol. The predicted octanol–water partition coefficient (Wildman–Crippen LogP) is 3.56. The van der Waals surface area contributed by atoms with E-state index in [9.17, 15) is 24.3 Å². The second-order valence-electron chi connectivity index (χ2n) is 13.3. The molecule has 0 spiro atoms. The van der Waals surface area contributed by atoms with Gasteiger partial charge in [0.15, 0.2) is 30.9 Å². The van der Waals surface area contributed by atoms with Crippen LogP contribution in [-0.2, 0) is 86.4 Å². The molecule has 0 aliphatic carbocycles. The third kappa shape index (κ3) is 12.4. The Morgan fingerprint density at radius 3 is 1.50 bits per heavy atom. The molecule has 3 aromatic carbocycles. The van der Waals surface area contributed by atoms with Crippen molar-refractivity contribution in [2.24, 2.45) is 0 Å². The van der Waals surface area contributed by atoms with Gasteiger partial charge in [0.25, 0.3) is 0 Å². The largest absolute Gasteiger partial charge is 0.463 e. The van der Waals surface area contributed by atoms with Gasteiger partial charge in [-0.05, 0) is 16.7 Å². The first-order valence-corrected chi connectivity index (χ1v) is 18.2. The number of rotatable bonds is 17. The molecule has 15 heteroatoms. The Hall–Kier alpha value is -4.74. The maximum Gasteiger partial charge on any atom is 0.303 e. The highest BCUT2D eigenvalue weighted by Crippen LogP contribution is 2.35. The molecule has 2 heterocycles. The minimum atomic E-state index is -1.59. The lowest BCUT2D eigenvalue weighted by atomic mass is 9.96. The van der Waals surface area contributed by atoms with Gasteiger partial charge in [0.2, 0.25) is 0 Å². The molecule has 2 saturated heterocycles. The first kappa shape index (κ1) is 42.4. The summed E-state index contributed by atoms with van der Waals surface area (Å²) in [5.41, 5.74) is 2.49. The zero-order chi connectivity index (χ0) is 40.0. The SMILES string of the molecule is CC(=O)OCC1O[C@@H](O[C@@H]2C(COCc3ccccc3)O[C@H](O)C(OCc3ccccc3)[C@H]2OCc2ccccc2)C(OC(C)=O)[C@@H](OC(C)=O)[C@@H]1OC(C)=O. The van der Waals surface area contributed by atoms with E-state index in [1.165, 1.54) is 6.92 Å². The number of benzene rings is 3. The van der Waals surface area contributed by atoms with E-state index in [1.807, 2.05) is 91.0 Å². The molecule has 2 fully saturated rings. The number of carbonyl (C=O) groups is 4. The fourth-order valence-corrected chi connectivity index (χ4v) is 6.41. The van der Waals surface area contributed by atoms with E-state index in [-0.39, 0.29) is 26.4 Å². The Morgan fingerprint density at radius 2 is 0.982 bits per heavy atom. The van der Waals surface area contributed by atoms with Crippen molar-refractivity contribution in [3.8, 4) is 0 Å². The van der Waals surface area contributed by atoms with E-state index in [2.05, 4.69) is 0 Å². The minimum absolute atomic E-state index is 0.0550. The summed E-state index contributed by atoms with van der Waals surface area (Å²) in [6.45, 7) is 4.29. The molecule has 0 saturated carbocycles. The first-order valence-electron chi connectivity index (χ1n) is 18.2. The molecule has 2 aliphatic heterocycles. The van der Waals surface area contributed by atoms with Crippen molar-refractivity contribution in [3.63, 3.8) is 0 Å². The summed E-state index contributed by atoms with van der Waals surface area (Å²) in [7, 11) is 0. The number of carbonyl (C=O) groups excluding carboxylic acids is 4. The normalized spacial score (nSPS) is 27.4. The monoisotopic (exact) mass is 780 g/mol. The van der Waals surface area contributed by atoms with Crippen LogP contribution in [0.3, 0.4) is 0 Å². The van der Waals surface area contributed by atoms with Crippen LogP contribution in [0.4, 0.5) is 0 Å². The van der Waals surface area contributed by atoms with Gasteiger partial charge >= 0.3 is 23.9 Å². The maximum absolute atomic E-state index is 12.6. The maximum atomic E-state index is 12.6. The van der Waals surface area contributed by atoms with Crippen molar-refractivity contribution >= 4 is 23.9 Å². The van der Waals surface area contributed by atoms with Crippen LogP contribution < -0.4 is 0 Å². The van der Waals surface area contributed by atoms with E-state index in [0.29, 0.717) is 0 Å². The van der Waals surface area contributed by atoms with Gasteiger partial charge in [0, 0.05) is 27.7 Å². The number of esters is 4. The number of hydrogen-bond acceptors (Lipinski definition) is 15. The van der Waals surface area contributed by atoms with Gasteiger partial charge in [-0.3, -0.25) is 19.2 Å². The summed E-state index contributed by atoms with van der Waals surface area (Å²) in [6, 6.07) is 28.0. The zero-order valence-electron chi connectivity index (χ0n) is 31.6. The summed E-state index contributed by atoms with van der Waals surface area (Å²) in [4.78, 5) is 49.4. The summed E-state index contributed by atoms with van der Waals surface area (Å²) in [5, 5.41) is 11.5. The van der Waals surface area contributed by atoms with Crippen LogP contribution >= 0.6 is 0 Å². The quantitative estimate of drug-likeness (QED) is 0.155. The van der Waals surface area contributed by atoms with Gasteiger partial charge in [-0.2, -0.15) is 0 Å². The molecule has 10 atom stereocenters. The number of hydrogen-bond donors (Lipinski definition) is 1. The van der Waals surface area contributed by atoms with Crippen LogP contribution in [0.1, 0.15) is 44.4 Å². The van der Waals surface area contributed by atoms with Crippen LogP contribution in [-0.4, -0.2) is 104 Å². The van der Waals surface area contributed by atoms with Crippen molar-refractivity contribution in [2.45, 2.75) is 109 Å². The van der Waals surface area contributed by atoms with Crippen LogP contribution in [0.5, 0.6) is 0 Å². The first-order chi connectivity index (χ1) is 27.0. The van der Waals surface area contributed by atoms with Crippen molar-refractivity contribution in [2.75, 3.05) is 13.2 Å². The third-order valence-corrected chi connectivity index (χ3v) is 8.81. The molecular formula is C41H48O15. The molecule has 0 amide bonds. The van der Waals surface area contributed by atoms with E-state index in [4.69, 9.17) is 47.4 Å². The lowest BCUT2D eigenvalue weighted by Gasteiger charge is -2.48. The van der Waals surface area contributed by atoms with Crippen molar-refractivity contribution in [1.82, 2.24) is 0 Å². The predicted molar refractivity (Wildman–Crippen MR) is 194 cm³/mol. The van der Waals surface area contributed by atoms with Crippen LogP contribution in [0.25, 0.3) is 0 Å². The zero-order valence-corrected chi connectivity index (χ0v) is 31.6. The molecule has 0 bridgehead atoms. The Bertz CT molecular complexity index is 1690. The van der Waals surface area contributed by atoms with Crippen molar-refractivity contribution < 1.29 is 71.7 Å². The summed E-state index contributed by atoms with van der Waals surface area (Å²) >= 11 is 0. The van der Waals surface area contributed by atoms with Gasteiger partial charge in [0.1, 0.15) is 37.1 Å². The third-order valence-electron chi connectivity index (χ3n) is 8.81. The Kier molecular flexibility index (Phi) is 15.9. The summed E-state index contributed by atoms with van der Waals surface area (Å²) in [6.07, 6.45) is -13.3. The Labute approximate surface area is 325 Å². The molecule has 0 aromatic heterocycles. The average Bonchev–Trinajstić information content (AvgIpc) is 3.16. The molecule has 5 rings (SSSR count). The lowest BCUT2D eigenvalue weighted by molar-refractivity contribution is -0.365. The van der Waals surface area contributed by atoms with Gasteiger partial charge in [-0.15, -0.1) is 0 Å². The second kappa shape index (κ2) is 21.0. The Morgan fingerprint density at radius 1 is 0.518 bits per heavy atom. The lowest BCUT2D eigenvalue weighted by Crippen LogP contribution is -2.66. The van der Waals surface area contributed by atoms with Crippen molar-refractivity contribution in [1.29, 1.82) is 0 Å².